The van der Waals surface area contributed by atoms with Crippen LogP contribution in [0, 0.1) is 0 Å². The van der Waals surface area contributed by atoms with E-state index in [0.717, 1.165) is 18.4 Å². The number of nitrogens with zero attached hydrogens (tertiary/aromatic N) is 1. The molecule has 1 amide bonds. The van der Waals surface area contributed by atoms with Gasteiger partial charge in [0, 0.05) is 6.26 Å². The van der Waals surface area contributed by atoms with Gasteiger partial charge in [-0.1, -0.05) is 30.3 Å². The lowest BCUT2D eigenvalue weighted by Gasteiger charge is -2.18. The molecule has 0 bridgehead atoms. The third-order valence-corrected chi connectivity index (χ3v) is 5.94. The molecule has 11 heteroatoms. The maximum Gasteiger partial charge on any atom is 0.456 e. The largest absolute Gasteiger partial charge is 0.462 e. The van der Waals surface area contributed by atoms with Gasteiger partial charge in [-0.2, -0.15) is 8.42 Å². The van der Waals surface area contributed by atoms with Crippen LogP contribution >= 0.6 is 0 Å². The molecule has 0 saturated carbocycles. The number of hydrogen-bond donors (Lipinski definition) is 1. The Labute approximate surface area is 149 Å². The number of rotatable bonds is 4. The van der Waals surface area contributed by atoms with Crippen molar-refractivity contribution in [3.63, 3.8) is 0 Å². The van der Waals surface area contributed by atoms with Crippen LogP contribution in [0.5, 0.6) is 0 Å². The molecule has 9 nitrogen and oxygen atoms in total. The highest BCUT2D eigenvalue weighted by atomic mass is 32.2. The van der Waals surface area contributed by atoms with Gasteiger partial charge in [-0.15, -0.1) is 0 Å². The Balaban J connectivity index is 2.51. The fraction of sp³-hybridized carbons (Fsp3) is 0.0667. The van der Waals surface area contributed by atoms with Crippen LogP contribution in [0.15, 0.2) is 64.4 Å². The molecule has 0 aliphatic heterocycles. The number of carbonyl (C=O) groups is 2. The average molecular weight is 399 g/mol. The first kappa shape index (κ1) is 19.4. The van der Waals surface area contributed by atoms with Gasteiger partial charge in [-0.3, -0.25) is 0 Å². The van der Waals surface area contributed by atoms with E-state index < -0.39 is 46.2 Å². The highest BCUT2D eigenvalue weighted by molar-refractivity contribution is 7.93. The molecule has 0 heterocycles. The van der Waals surface area contributed by atoms with E-state index in [1.54, 1.807) is 6.07 Å². The first-order valence-corrected chi connectivity index (χ1v) is 10.2. The van der Waals surface area contributed by atoms with E-state index in [0.29, 0.717) is 0 Å². The van der Waals surface area contributed by atoms with E-state index >= 15 is 0 Å². The highest BCUT2D eigenvalue weighted by Gasteiger charge is 2.37. The van der Waals surface area contributed by atoms with Gasteiger partial charge in [0.2, 0.25) is 0 Å². The van der Waals surface area contributed by atoms with Crippen LogP contribution in [0.1, 0.15) is 10.4 Å². The summed E-state index contributed by atoms with van der Waals surface area (Å²) >= 11 is 0. The number of sulfonamides is 1. The summed E-state index contributed by atoms with van der Waals surface area (Å²) in [4.78, 5) is 26.4. The molecule has 138 valence electrons. The van der Waals surface area contributed by atoms with Crippen molar-refractivity contribution < 1.29 is 36.4 Å². The van der Waals surface area contributed by atoms with Crippen molar-refractivity contribution in [2.24, 2.45) is 0 Å². The summed E-state index contributed by atoms with van der Waals surface area (Å²) in [7, 11) is -9.00. The molecule has 1 N–H and O–H groups in total. The van der Waals surface area contributed by atoms with Crippen LogP contribution in [-0.2, 0) is 24.7 Å². The van der Waals surface area contributed by atoms with Crippen molar-refractivity contribution in [2.75, 3.05) is 6.26 Å². The normalized spacial score (nSPS) is 11.6. The molecule has 0 unspecified atom stereocenters. The Morgan fingerprint density at radius 2 is 1.38 bits per heavy atom. The van der Waals surface area contributed by atoms with E-state index in [2.05, 4.69) is 4.84 Å². The van der Waals surface area contributed by atoms with Crippen LogP contribution in [0.2, 0.25) is 0 Å². The molecule has 0 atom stereocenters. The lowest BCUT2D eigenvalue weighted by Crippen LogP contribution is -2.38. The minimum atomic E-state index is -5.01. The second-order valence-corrected chi connectivity index (χ2v) is 8.68. The molecule has 0 aliphatic rings. The quantitative estimate of drug-likeness (QED) is 0.765. The Morgan fingerprint density at radius 1 is 0.885 bits per heavy atom. The second kappa shape index (κ2) is 7.14. The topological polar surface area (TPSA) is 135 Å². The van der Waals surface area contributed by atoms with E-state index in [-0.39, 0.29) is 5.56 Å². The zero-order valence-electron chi connectivity index (χ0n) is 13.3. The molecule has 2 aromatic carbocycles. The van der Waals surface area contributed by atoms with Crippen LogP contribution in [-0.4, -0.2) is 44.7 Å². The van der Waals surface area contributed by atoms with Crippen LogP contribution in [0.25, 0.3) is 0 Å². The molecule has 2 rings (SSSR count). The molecule has 2 aromatic rings. The van der Waals surface area contributed by atoms with E-state index in [1.807, 2.05) is 0 Å². The number of hydrogen-bond acceptors (Lipinski definition) is 7. The molecule has 26 heavy (non-hydrogen) atoms. The summed E-state index contributed by atoms with van der Waals surface area (Å²) in [6.45, 7) is 0. The van der Waals surface area contributed by atoms with Crippen LogP contribution < -0.4 is 0 Å². The number of hydroxylamine groups is 1. The maximum atomic E-state index is 12.6. The zero-order chi connectivity index (χ0) is 19.5. The predicted octanol–water partition coefficient (Wildman–Crippen LogP) is 1.53. The minimum absolute atomic E-state index is 0.0923. The molecule has 0 aliphatic carbocycles. The summed E-state index contributed by atoms with van der Waals surface area (Å²) in [5, 5.41) is 9.18. The molecular weight excluding hydrogens is 386 g/mol. The predicted molar refractivity (Wildman–Crippen MR) is 88.5 cm³/mol. The molecular formula is C15H13NO8S2. The average Bonchev–Trinajstić information content (AvgIpc) is 2.59. The number of sulfone groups is 1. The van der Waals surface area contributed by atoms with Crippen molar-refractivity contribution in [2.45, 2.75) is 9.79 Å². The standard InChI is InChI=1S/C15H13NO8S2/c1-25(20,21)12-9-5-6-10-13(12)26(22,23)16(15(18)19)24-14(17)11-7-3-2-4-8-11/h2-10H,1H3,(H,18,19). The number of benzene rings is 2. The molecule has 0 aromatic heterocycles. The third kappa shape index (κ3) is 4.00. The van der Waals surface area contributed by atoms with Crippen molar-refractivity contribution in [3.8, 4) is 0 Å². The first-order valence-electron chi connectivity index (χ1n) is 6.90. The molecule has 0 spiro atoms. The summed E-state index contributed by atoms with van der Waals surface area (Å²) in [6, 6.07) is 11.5. The minimum Gasteiger partial charge on any atom is -0.462 e. The second-order valence-electron chi connectivity index (χ2n) is 4.98. The van der Waals surface area contributed by atoms with Gasteiger partial charge in [0.15, 0.2) is 9.84 Å². The fourth-order valence-corrected chi connectivity index (χ4v) is 4.60. The van der Waals surface area contributed by atoms with Gasteiger partial charge in [0.25, 0.3) is 0 Å². The number of carbonyl (C=O) groups excluding carboxylic acids is 1. The van der Waals surface area contributed by atoms with E-state index in [9.17, 15) is 31.5 Å². The van der Waals surface area contributed by atoms with Gasteiger partial charge >= 0.3 is 22.1 Å². The van der Waals surface area contributed by atoms with Crippen molar-refractivity contribution >= 4 is 31.9 Å². The van der Waals surface area contributed by atoms with Gasteiger partial charge in [0.05, 0.1) is 10.5 Å². The fourth-order valence-electron chi connectivity index (χ4n) is 1.95. The Hall–Kier alpha value is -2.92. The maximum absolute atomic E-state index is 12.6. The van der Waals surface area contributed by atoms with Crippen molar-refractivity contribution in [1.29, 1.82) is 0 Å². The van der Waals surface area contributed by atoms with Crippen LogP contribution in [0.3, 0.4) is 0 Å². The monoisotopic (exact) mass is 399 g/mol. The van der Waals surface area contributed by atoms with Crippen molar-refractivity contribution in [3.05, 3.63) is 60.2 Å². The Kier molecular flexibility index (Phi) is 5.33. The van der Waals surface area contributed by atoms with Gasteiger partial charge < -0.3 is 9.94 Å². The SMILES string of the molecule is CS(=O)(=O)c1ccccc1S(=O)(=O)N(OC(=O)c1ccccc1)C(=O)O. The summed E-state index contributed by atoms with van der Waals surface area (Å²) < 4.78 is 48.3. The zero-order valence-corrected chi connectivity index (χ0v) is 14.9. The van der Waals surface area contributed by atoms with Crippen LogP contribution in [0.4, 0.5) is 4.79 Å². The summed E-state index contributed by atoms with van der Waals surface area (Å²) in [5.74, 6) is -1.24. The Bertz CT molecular complexity index is 1050. The van der Waals surface area contributed by atoms with Crippen molar-refractivity contribution in [1.82, 2.24) is 4.47 Å². The molecule has 0 radical (unpaired) electrons. The number of amides is 1. The highest BCUT2D eigenvalue weighted by Crippen LogP contribution is 2.25. The summed E-state index contributed by atoms with van der Waals surface area (Å²) in [5.41, 5.74) is -0.0923. The molecule has 0 saturated heterocycles. The van der Waals surface area contributed by atoms with Gasteiger partial charge in [-0.05, 0) is 28.7 Å². The lowest BCUT2D eigenvalue weighted by atomic mass is 10.2. The van der Waals surface area contributed by atoms with E-state index in [4.69, 9.17) is 0 Å². The smallest absolute Gasteiger partial charge is 0.456 e. The third-order valence-electron chi connectivity index (χ3n) is 3.08. The lowest BCUT2D eigenvalue weighted by molar-refractivity contribution is -0.0326. The van der Waals surface area contributed by atoms with Gasteiger partial charge in [-0.25, -0.2) is 18.0 Å². The Morgan fingerprint density at radius 3 is 1.88 bits per heavy atom. The van der Waals surface area contributed by atoms with Gasteiger partial charge in [0.1, 0.15) is 4.90 Å². The summed E-state index contributed by atoms with van der Waals surface area (Å²) in [6.07, 6.45) is -1.35. The van der Waals surface area contributed by atoms with E-state index in [1.165, 1.54) is 36.4 Å². The first-order chi connectivity index (χ1) is 12.0. The number of carboxylic acid groups (broad SMARTS) is 1. The molecule has 0 fully saturated rings.